The van der Waals surface area contributed by atoms with Crippen LogP contribution in [-0.4, -0.2) is 44.9 Å². The van der Waals surface area contributed by atoms with Crippen molar-refractivity contribution in [3.05, 3.63) is 18.2 Å². The summed E-state index contributed by atoms with van der Waals surface area (Å²) in [4.78, 5) is 12.8. The second-order valence-corrected chi connectivity index (χ2v) is 9.13. The van der Waals surface area contributed by atoms with Crippen LogP contribution in [0.4, 0.5) is 5.69 Å². The molecule has 1 aliphatic carbocycles. The molecular weight excluding hydrogens is 402 g/mol. The first-order chi connectivity index (χ1) is 13.0. The highest BCUT2D eigenvalue weighted by molar-refractivity contribution is 7.89. The third-order valence-electron chi connectivity index (χ3n) is 5.49. The van der Waals surface area contributed by atoms with Crippen molar-refractivity contribution in [2.45, 2.75) is 43.9 Å². The largest absolute Gasteiger partial charge is 0.492 e. The number of nitrogens with two attached hydrogens (primary N) is 1. The lowest BCUT2D eigenvalue weighted by Crippen LogP contribution is -2.30. The molecule has 158 valence electrons. The van der Waals surface area contributed by atoms with E-state index >= 15 is 0 Å². The van der Waals surface area contributed by atoms with Crippen molar-refractivity contribution >= 4 is 34.0 Å². The molecule has 9 heteroatoms. The number of benzene rings is 1. The van der Waals surface area contributed by atoms with Crippen LogP contribution in [0.2, 0.25) is 0 Å². The van der Waals surface area contributed by atoms with Gasteiger partial charge in [0.15, 0.2) is 0 Å². The van der Waals surface area contributed by atoms with Crippen LogP contribution in [0.5, 0.6) is 5.75 Å². The van der Waals surface area contributed by atoms with Gasteiger partial charge in [-0.1, -0.05) is 6.42 Å². The van der Waals surface area contributed by atoms with Gasteiger partial charge in [-0.2, -0.15) is 4.31 Å². The Labute approximate surface area is 173 Å². The van der Waals surface area contributed by atoms with Crippen LogP contribution in [0.1, 0.15) is 39.0 Å². The van der Waals surface area contributed by atoms with E-state index in [9.17, 15) is 13.2 Å². The highest BCUT2D eigenvalue weighted by atomic mass is 35.5. The Morgan fingerprint density at radius 1 is 1.25 bits per heavy atom. The Hall–Kier alpha value is -1.35. The fourth-order valence-electron chi connectivity index (χ4n) is 4.03. The van der Waals surface area contributed by atoms with E-state index in [1.165, 1.54) is 10.4 Å². The van der Waals surface area contributed by atoms with Crippen molar-refractivity contribution in [2.75, 3.05) is 31.6 Å². The molecule has 1 saturated carbocycles. The summed E-state index contributed by atoms with van der Waals surface area (Å²) >= 11 is 0. The highest BCUT2D eigenvalue weighted by Gasteiger charge is 2.33. The second-order valence-electron chi connectivity index (χ2n) is 7.23. The summed E-state index contributed by atoms with van der Waals surface area (Å²) in [5, 5.41) is 2.89. The number of sulfonamides is 1. The summed E-state index contributed by atoms with van der Waals surface area (Å²) in [6.07, 6.45) is 4.51. The van der Waals surface area contributed by atoms with Crippen molar-refractivity contribution in [3.63, 3.8) is 0 Å². The average molecular weight is 432 g/mol. The van der Waals surface area contributed by atoms with Gasteiger partial charge in [-0.05, 0) is 63.3 Å². The molecule has 7 nitrogen and oxygen atoms in total. The summed E-state index contributed by atoms with van der Waals surface area (Å²) in [5.74, 6) is 0.320. The quantitative estimate of drug-likeness (QED) is 0.690. The van der Waals surface area contributed by atoms with Crippen LogP contribution in [0.25, 0.3) is 0 Å². The number of carbonyl (C=O) groups excluding carboxylic acids is 1. The standard InChI is InChI=1S/C19H29N3O4S.ClH/c1-2-26-17-9-8-15(21-19(23)16-7-5-6-14(16)13-20)12-18(17)27(24,25)22-10-3-4-11-22;/h8-9,12,14,16H,2-7,10-11,13,20H2,1H3,(H,21,23);1H/t14-,16-;/m1./s1. The number of nitrogens with zero attached hydrogens (tertiary/aromatic N) is 1. The fraction of sp³-hybridized carbons (Fsp3) is 0.632. The Bertz CT molecular complexity index is 781. The summed E-state index contributed by atoms with van der Waals surface area (Å²) < 4.78 is 33.1. The lowest BCUT2D eigenvalue weighted by molar-refractivity contribution is -0.120. The molecule has 1 saturated heterocycles. The number of anilines is 1. The lowest BCUT2D eigenvalue weighted by atomic mass is 9.95. The first kappa shape index (κ1) is 22.9. The van der Waals surface area contributed by atoms with Crippen molar-refractivity contribution in [2.24, 2.45) is 17.6 Å². The molecule has 0 spiro atoms. The second kappa shape index (κ2) is 9.91. The summed E-state index contributed by atoms with van der Waals surface area (Å²) in [6.45, 7) is 3.72. The molecule has 1 aromatic rings. The van der Waals surface area contributed by atoms with Crippen LogP contribution in [0, 0.1) is 11.8 Å². The molecule has 0 unspecified atom stereocenters. The van der Waals surface area contributed by atoms with Gasteiger partial charge in [0, 0.05) is 24.7 Å². The van der Waals surface area contributed by atoms with Gasteiger partial charge in [-0.25, -0.2) is 8.42 Å². The molecule has 28 heavy (non-hydrogen) atoms. The molecule has 2 aliphatic rings. The maximum absolute atomic E-state index is 13.0. The zero-order chi connectivity index (χ0) is 19.4. The third-order valence-corrected chi connectivity index (χ3v) is 7.41. The number of halogens is 1. The maximum atomic E-state index is 13.0. The zero-order valence-electron chi connectivity index (χ0n) is 16.2. The molecule has 0 radical (unpaired) electrons. The average Bonchev–Trinajstić information content (AvgIpc) is 3.35. The molecule has 1 aliphatic heterocycles. The Morgan fingerprint density at radius 2 is 1.96 bits per heavy atom. The van der Waals surface area contributed by atoms with Crippen molar-refractivity contribution in [1.82, 2.24) is 4.31 Å². The van der Waals surface area contributed by atoms with E-state index in [1.807, 2.05) is 6.92 Å². The van der Waals surface area contributed by atoms with E-state index in [0.717, 1.165) is 32.1 Å². The zero-order valence-corrected chi connectivity index (χ0v) is 17.9. The van der Waals surface area contributed by atoms with Crippen LogP contribution in [0.3, 0.4) is 0 Å². The number of nitrogens with one attached hydrogen (secondary N) is 1. The van der Waals surface area contributed by atoms with Crippen molar-refractivity contribution in [1.29, 1.82) is 0 Å². The number of ether oxygens (including phenoxy) is 1. The lowest BCUT2D eigenvalue weighted by Gasteiger charge is -2.20. The Balaban J connectivity index is 0.00000280. The summed E-state index contributed by atoms with van der Waals surface area (Å²) in [5.41, 5.74) is 6.25. The Kier molecular flexibility index (Phi) is 8.12. The molecular formula is C19H30ClN3O4S. The molecule has 3 rings (SSSR count). The molecule has 0 bridgehead atoms. The van der Waals surface area contributed by atoms with E-state index in [-0.39, 0.29) is 35.0 Å². The molecule has 1 heterocycles. The number of carbonyl (C=O) groups is 1. The molecule has 0 aromatic heterocycles. The van der Waals surface area contributed by atoms with E-state index in [1.54, 1.807) is 12.1 Å². The van der Waals surface area contributed by atoms with Crippen LogP contribution in [-0.2, 0) is 14.8 Å². The van der Waals surface area contributed by atoms with Crippen LogP contribution >= 0.6 is 12.4 Å². The third kappa shape index (κ3) is 4.79. The van der Waals surface area contributed by atoms with Crippen LogP contribution < -0.4 is 15.8 Å². The number of rotatable bonds is 7. The molecule has 2 fully saturated rings. The smallest absolute Gasteiger partial charge is 0.246 e. The first-order valence-corrected chi connectivity index (χ1v) is 11.2. The molecule has 1 aromatic carbocycles. The minimum absolute atomic E-state index is 0. The molecule has 3 N–H and O–H groups in total. The SMILES string of the molecule is CCOc1ccc(NC(=O)[C@@H]2CCC[C@@H]2CN)cc1S(=O)(=O)N1CCCC1.Cl. The van der Waals surface area contributed by atoms with Gasteiger partial charge >= 0.3 is 0 Å². The number of amides is 1. The van der Waals surface area contributed by atoms with Gasteiger partial charge in [0.05, 0.1) is 6.61 Å². The minimum Gasteiger partial charge on any atom is -0.492 e. The van der Waals surface area contributed by atoms with E-state index in [4.69, 9.17) is 10.5 Å². The molecule has 2 atom stereocenters. The Morgan fingerprint density at radius 3 is 2.61 bits per heavy atom. The topological polar surface area (TPSA) is 102 Å². The monoisotopic (exact) mass is 431 g/mol. The van der Waals surface area contributed by atoms with Gasteiger partial charge in [0.25, 0.3) is 0 Å². The first-order valence-electron chi connectivity index (χ1n) is 9.75. The van der Waals surface area contributed by atoms with Gasteiger partial charge in [0.1, 0.15) is 10.6 Å². The van der Waals surface area contributed by atoms with E-state index < -0.39 is 10.0 Å². The van der Waals surface area contributed by atoms with E-state index in [2.05, 4.69) is 5.32 Å². The van der Waals surface area contributed by atoms with Gasteiger partial charge in [-0.15, -0.1) is 12.4 Å². The van der Waals surface area contributed by atoms with Crippen molar-refractivity contribution in [3.8, 4) is 5.75 Å². The van der Waals surface area contributed by atoms with Gasteiger partial charge in [-0.3, -0.25) is 4.79 Å². The van der Waals surface area contributed by atoms with E-state index in [0.29, 0.717) is 37.7 Å². The van der Waals surface area contributed by atoms with Crippen molar-refractivity contribution < 1.29 is 17.9 Å². The van der Waals surface area contributed by atoms with Crippen LogP contribution in [0.15, 0.2) is 23.1 Å². The molecule has 1 amide bonds. The number of hydrogen-bond donors (Lipinski definition) is 2. The normalized spacial score (nSPS) is 22.6. The summed E-state index contributed by atoms with van der Waals surface area (Å²) in [6, 6.07) is 4.83. The fourth-order valence-corrected chi connectivity index (χ4v) is 5.70. The maximum Gasteiger partial charge on any atom is 0.246 e. The minimum atomic E-state index is -3.65. The highest BCUT2D eigenvalue weighted by Crippen LogP contribution is 2.34. The van der Waals surface area contributed by atoms with Gasteiger partial charge < -0.3 is 15.8 Å². The number of hydrogen-bond acceptors (Lipinski definition) is 5. The van der Waals surface area contributed by atoms with Gasteiger partial charge in [0.2, 0.25) is 15.9 Å². The predicted molar refractivity (Wildman–Crippen MR) is 111 cm³/mol. The predicted octanol–water partition coefficient (Wildman–Crippen LogP) is 2.61. The summed E-state index contributed by atoms with van der Waals surface area (Å²) in [7, 11) is -3.65.